The van der Waals surface area contributed by atoms with E-state index in [4.69, 9.17) is 4.74 Å². The Morgan fingerprint density at radius 1 is 1.55 bits per heavy atom. The van der Waals surface area contributed by atoms with E-state index in [0.717, 1.165) is 28.6 Å². The van der Waals surface area contributed by atoms with E-state index in [1.165, 1.54) is 13.2 Å². The molecule has 1 fully saturated rings. The summed E-state index contributed by atoms with van der Waals surface area (Å²) in [7, 11) is 1.48. The maximum atomic E-state index is 12.2. The second-order valence-electron chi connectivity index (χ2n) is 5.26. The second kappa shape index (κ2) is 6.00. The Hall–Kier alpha value is -2.02. The highest BCUT2D eigenvalue weighted by atomic mass is 79.9. The number of phenols is 1. The van der Waals surface area contributed by atoms with Crippen molar-refractivity contribution in [3.05, 3.63) is 39.6 Å². The van der Waals surface area contributed by atoms with Crippen molar-refractivity contribution in [2.24, 2.45) is 0 Å². The van der Waals surface area contributed by atoms with Gasteiger partial charge in [0, 0.05) is 12.5 Å². The summed E-state index contributed by atoms with van der Waals surface area (Å²) < 4.78 is 5.79. The molecular weight excluding hydrogens is 350 g/mol. The Morgan fingerprint density at radius 2 is 2.32 bits per heavy atom. The lowest BCUT2D eigenvalue weighted by molar-refractivity contribution is 0.0945. The number of H-pyrrole nitrogens is 1. The Bertz CT molecular complexity index is 710. The monoisotopic (exact) mass is 365 g/mol. The molecule has 1 aromatic carbocycles. The van der Waals surface area contributed by atoms with Crippen LogP contribution in [0.25, 0.3) is 0 Å². The average molecular weight is 366 g/mol. The number of hydrogen-bond acceptors (Lipinski definition) is 4. The highest BCUT2D eigenvalue weighted by Crippen LogP contribution is 2.42. The summed E-state index contributed by atoms with van der Waals surface area (Å²) >= 11 is 3.44. The molecule has 7 heteroatoms. The Kier molecular flexibility index (Phi) is 4.06. The van der Waals surface area contributed by atoms with Gasteiger partial charge in [-0.15, -0.1) is 0 Å². The minimum atomic E-state index is -0.248. The molecule has 0 unspecified atom stereocenters. The van der Waals surface area contributed by atoms with Gasteiger partial charge in [0.25, 0.3) is 5.91 Å². The van der Waals surface area contributed by atoms with Crippen molar-refractivity contribution < 1.29 is 14.6 Å². The van der Waals surface area contributed by atoms with Gasteiger partial charge in [-0.2, -0.15) is 5.10 Å². The topological polar surface area (TPSA) is 87.2 Å². The molecule has 2 aromatic rings. The molecule has 22 heavy (non-hydrogen) atoms. The summed E-state index contributed by atoms with van der Waals surface area (Å²) in [5.41, 5.74) is 2.20. The van der Waals surface area contributed by atoms with E-state index < -0.39 is 0 Å². The van der Waals surface area contributed by atoms with Crippen LogP contribution in [0.4, 0.5) is 0 Å². The highest BCUT2D eigenvalue weighted by molar-refractivity contribution is 9.10. The molecule has 0 atom stereocenters. The van der Waals surface area contributed by atoms with Crippen LogP contribution in [0.15, 0.2) is 22.7 Å². The number of hydrogen-bond donors (Lipinski definition) is 3. The number of nitrogens with zero attached hydrogens (tertiary/aromatic N) is 1. The third-order valence-corrected chi connectivity index (χ3v) is 4.43. The molecule has 3 N–H and O–H groups in total. The largest absolute Gasteiger partial charge is 0.504 e. The van der Waals surface area contributed by atoms with Crippen molar-refractivity contribution in [3.63, 3.8) is 0 Å². The molecule has 0 saturated heterocycles. The fourth-order valence-electron chi connectivity index (χ4n) is 2.23. The molecule has 1 aromatic heterocycles. The number of phenolic OH excluding ortho intramolecular Hbond substituents is 1. The number of rotatable bonds is 5. The van der Waals surface area contributed by atoms with Crippen LogP contribution in [0.1, 0.15) is 40.5 Å². The molecular formula is C15H16BrN3O3. The van der Waals surface area contributed by atoms with Crippen LogP contribution in [0.5, 0.6) is 11.5 Å². The molecule has 116 valence electrons. The summed E-state index contributed by atoms with van der Waals surface area (Å²) in [5.74, 6) is 0.692. The van der Waals surface area contributed by atoms with E-state index in [2.05, 4.69) is 31.4 Å². The quantitative estimate of drug-likeness (QED) is 0.759. The lowest BCUT2D eigenvalue weighted by Crippen LogP contribution is -2.23. The fraction of sp³-hybridized carbons (Fsp3) is 0.333. The van der Waals surface area contributed by atoms with Crippen molar-refractivity contribution in [1.82, 2.24) is 15.5 Å². The predicted molar refractivity (Wildman–Crippen MR) is 84.1 cm³/mol. The van der Waals surface area contributed by atoms with Gasteiger partial charge in [-0.3, -0.25) is 9.89 Å². The summed E-state index contributed by atoms with van der Waals surface area (Å²) in [6.07, 6.45) is 2.27. The van der Waals surface area contributed by atoms with Crippen molar-refractivity contribution in [3.8, 4) is 11.5 Å². The number of benzene rings is 1. The normalized spacial score (nSPS) is 13.9. The van der Waals surface area contributed by atoms with Crippen LogP contribution >= 0.6 is 15.9 Å². The third-order valence-electron chi connectivity index (χ3n) is 3.63. The number of aromatic amines is 1. The first kappa shape index (κ1) is 14.9. The summed E-state index contributed by atoms with van der Waals surface area (Å²) in [6, 6.07) is 4.95. The van der Waals surface area contributed by atoms with E-state index in [9.17, 15) is 9.90 Å². The number of carbonyl (C=O) groups excluding carboxylic acids is 1. The molecule has 0 radical (unpaired) electrons. The predicted octanol–water partition coefficient (Wildman–Crippen LogP) is 2.69. The first-order valence-electron chi connectivity index (χ1n) is 6.98. The maximum Gasteiger partial charge on any atom is 0.273 e. The summed E-state index contributed by atoms with van der Waals surface area (Å²) in [4.78, 5) is 12.2. The Balaban J connectivity index is 1.67. The van der Waals surface area contributed by atoms with Gasteiger partial charge >= 0.3 is 0 Å². The van der Waals surface area contributed by atoms with E-state index in [0.29, 0.717) is 23.9 Å². The van der Waals surface area contributed by atoms with Crippen LogP contribution in [0.2, 0.25) is 0 Å². The number of ether oxygens (including phenoxy) is 1. The van der Waals surface area contributed by atoms with Crippen molar-refractivity contribution in [2.75, 3.05) is 7.11 Å². The highest BCUT2D eigenvalue weighted by Gasteiger charge is 2.30. The van der Waals surface area contributed by atoms with Gasteiger partial charge in [-0.05, 0) is 46.5 Å². The number of nitrogens with one attached hydrogen (secondary N) is 2. The number of methoxy groups -OCH3 is 1. The summed E-state index contributed by atoms with van der Waals surface area (Å²) in [6.45, 7) is 0.327. The van der Waals surface area contributed by atoms with Crippen molar-refractivity contribution in [2.45, 2.75) is 25.3 Å². The standard InChI is InChI=1S/C15H16BrN3O3/c1-22-11-6-8(2-5-10(11)20)7-17-15(21)14-12(16)13(18-19-14)9-3-4-9/h2,5-6,9,20H,3-4,7H2,1H3,(H,17,21)(H,18,19). The van der Waals surface area contributed by atoms with Gasteiger partial charge < -0.3 is 15.2 Å². The zero-order valence-corrected chi connectivity index (χ0v) is 13.6. The van der Waals surface area contributed by atoms with Gasteiger partial charge in [0.05, 0.1) is 17.3 Å². The van der Waals surface area contributed by atoms with Crippen molar-refractivity contribution in [1.29, 1.82) is 0 Å². The van der Waals surface area contributed by atoms with E-state index in [1.807, 2.05) is 0 Å². The molecule has 1 aliphatic carbocycles. The van der Waals surface area contributed by atoms with Crippen LogP contribution < -0.4 is 10.1 Å². The third kappa shape index (κ3) is 2.94. The first-order valence-corrected chi connectivity index (χ1v) is 7.77. The molecule has 1 heterocycles. The van der Waals surface area contributed by atoms with Crippen LogP contribution in [-0.4, -0.2) is 28.3 Å². The smallest absolute Gasteiger partial charge is 0.273 e. The van der Waals surface area contributed by atoms with Crippen LogP contribution in [-0.2, 0) is 6.54 Å². The lowest BCUT2D eigenvalue weighted by atomic mass is 10.2. The molecule has 0 bridgehead atoms. The molecule has 1 aliphatic rings. The molecule has 3 rings (SSSR count). The Labute approximate surface area is 136 Å². The van der Waals surface area contributed by atoms with Crippen LogP contribution in [0, 0.1) is 0 Å². The first-order chi connectivity index (χ1) is 10.6. The number of carbonyl (C=O) groups is 1. The molecule has 0 spiro atoms. The molecule has 6 nitrogen and oxygen atoms in total. The lowest BCUT2D eigenvalue weighted by Gasteiger charge is -2.07. The zero-order chi connectivity index (χ0) is 15.7. The van der Waals surface area contributed by atoms with Gasteiger partial charge in [0.2, 0.25) is 0 Å². The minimum Gasteiger partial charge on any atom is -0.504 e. The Morgan fingerprint density at radius 3 is 3.00 bits per heavy atom. The average Bonchev–Trinajstić information content (AvgIpc) is 3.29. The molecule has 1 amide bonds. The van der Waals surface area contributed by atoms with Crippen LogP contribution in [0.3, 0.4) is 0 Å². The van der Waals surface area contributed by atoms with Gasteiger partial charge in [-0.25, -0.2) is 0 Å². The number of aromatic hydroxyl groups is 1. The SMILES string of the molecule is COc1cc(CNC(=O)c2n[nH]c(C3CC3)c2Br)ccc1O. The van der Waals surface area contributed by atoms with E-state index in [1.54, 1.807) is 12.1 Å². The van der Waals surface area contributed by atoms with E-state index in [-0.39, 0.29) is 11.7 Å². The van der Waals surface area contributed by atoms with Gasteiger partial charge in [0.15, 0.2) is 17.2 Å². The summed E-state index contributed by atoms with van der Waals surface area (Å²) in [5, 5.41) is 19.4. The number of aromatic nitrogens is 2. The minimum absolute atomic E-state index is 0.0710. The van der Waals surface area contributed by atoms with Crippen molar-refractivity contribution >= 4 is 21.8 Å². The number of halogens is 1. The maximum absolute atomic E-state index is 12.2. The molecule has 1 saturated carbocycles. The molecule has 0 aliphatic heterocycles. The second-order valence-corrected chi connectivity index (χ2v) is 6.06. The zero-order valence-electron chi connectivity index (χ0n) is 12.0. The van der Waals surface area contributed by atoms with E-state index >= 15 is 0 Å². The fourth-order valence-corrected chi connectivity index (χ4v) is 2.91. The van der Waals surface area contributed by atoms with Gasteiger partial charge in [0.1, 0.15) is 0 Å². The van der Waals surface area contributed by atoms with Gasteiger partial charge in [-0.1, -0.05) is 6.07 Å². The number of amides is 1.